The molecule has 3 rings (SSSR count). The van der Waals surface area contributed by atoms with E-state index in [9.17, 15) is 0 Å². The van der Waals surface area contributed by atoms with E-state index in [0.717, 1.165) is 23.1 Å². The number of nitrogens with one attached hydrogen (secondary N) is 1. The molecule has 6 nitrogen and oxygen atoms in total. The standard InChI is InChI=1S/C14H16N6/c1-10-8-17-20(9-10)7-6-16-14-13(15)18-11-4-2-3-5-12(11)19-14/h2-5,8-9H,6-7H2,1H3,(H2,15,18)(H,16,19). The molecule has 3 N–H and O–H groups in total. The van der Waals surface area contributed by atoms with Crippen LogP contribution in [0.25, 0.3) is 11.0 Å². The Hall–Kier alpha value is -2.63. The van der Waals surface area contributed by atoms with Crippen molar-refractivity contribution < 1.29 is 0 Å². The molecule has 0 amide bonds. The zero-order valence-corrected chi connectivity index (χ0v) is 11.2. The van der Waals surface area contributed by atoms with Crippen molar-refractivity contribution >= 4 is 22.7 Å². The molecule has 0 unspecified atom stereocenters. The molecule has 0 aliphatic carbocycles. The molecule has 0 radical (unpaired) electrons. The first-order chi connectivity index (χ1) is 9.72. The van der Waals surface area contributed by atoms with Gasteiger partial charge in [0, 0.05) is 12.7 Å². The molecule has 2 heterocycles. The van der Waals surface area contributed by atoms with Crippen molar-refractivity contribution in [3.05, 3.63) is 42.2 Å². The van der Waals surface area contributed by atoms with E-state index in [4.69, 9.17) is 5.73 Å². The maximum absolute atomic E-state index is 5.91. The number of aromatic nitrogens is 4. The van der Waals surface area contributed by atoms with E-state index in [1.54, 1.807) is 0 Å². The van der Waals surface area contributed by atoms with Gasteiger partial charge < -0.3 is 11.1 Å². The molecule has 0 atom stereocenters. The van der Waals surface area contributed by atoms with Gasteiger partial charge in [0.2, 0.25) is 0 Å². The zero-order valence-electron chi connectivity index (χ0n) is 11.2. The fraction of sp³-hybridized carbons (Fsp3) is 0.214. The van der Waals surface area contributed by atoms with Gasteiger partial charge >= 0.3 is 0 Å². The van der Waals surface area contributed by atoms with Crippen LogP contribution in [-0.4, -0.2) is 26.3 Å². The lowest BCUT2D eigenvalue weighted by Crippen LogP contribution is -2.13. The smallest absolute Gasteiger partial charge is 0.169 e. The van der Waals surface area contributed by atoms with E-state index in [2.05, 4.69) is 20.4 Å². The van der Waals surface area contributed by atoms with Crippen molar-refractivity contribution in [1.82, 2.24) is 19.7 Å². The van der Waals surface area contributed by atoms with Crippen LogP contribution in [0.1, 0.15) is 5.56 Å². The first-order valence-corrected chi connectivity index (χ1v) is 6.47. The first kappa shape index (κ1) is 12.4. The lowest BCUT2D eigenvalue weighted by Gasteiger charge is -2.09. The number of fused-ring (bicyclic) bond motifs is 1. The third kappa shape index (κ3) is 2.54. The summed E-state index contributed by atoms with van der Waals surface area (Å²) in [6.45, 7) is 3.46. The van der Waals surface area contributed by atoms with Gasteiger partial charge in [-0.1, -0.05) is 12.1 Å². The Kier molecular flexibility index (Phi) is 3.20. The lowest BCUT2D eigenvalue weighted by atomic mass is 10.3. The maximum Gasteiger partial charge on any atom is 0.169 e. The Bertz CT molecular complexity index is 733. The van der Waals surface area contributed by atoms with Gasteiger partial charge in [-0.2, -0.15) is 5.10 Å². The predicted octanol–water partition coefficient (Wildman–Crippen LogP) is 1.83. The third-order valence-corrected chi connectivity index (χ3v) is 2.99. The molecule has 1 aromatic carbocycles. The molecule has 0 saturated carbocycles. The summed E-state index contributed by atoms with van der Waals surface area (Å²) in [5.41, 5.74) is 8.70. The fourth-order valence-corrected chi connectivity index (χ4v) is 2.02. The van der Waals surface area contributed by atoms with E-state index >= 15 is 0 Å². The Labute approximate surface area is 116 Å². The summed E-state index contributed by atoms with van der Waals surface area (Å²) in [6.07, 6.45) is 3.83. The second kappa shape index (κ2) is 5.16. The summed E-state index contributed by atoms with van der Waals surface area (Å²) < 4.78 is 1.88. The number of nitrogens with two attached hydrogens (primary N) is 1. The number of aryl methyl sites for hydroxylation is 1. The highest BCUT2D eigenvalue weighted by Gasteiger charge is 2.05. The van der Waals surface area contributed by atoms with Crippen molar-refractivity contribution in [2.45, 2.75) is 13.5 Å². The van der Waals surface area contributed by atoms with Crippen molar-refractivity contribution in [3.63, 3.8) is 0 Å². The van der Waals surface area contributed by atoms with Gasteiger partial charge in [0.15, 0.2) is 11.6 Å². The minimum absolute atomic E-state index is 0.417. The number of hydrogen-bond acceptors (Lipinski definition) is 5. The highest BCUT2D eigenvalue weighted by molar-refractivity contribution is 5.79. The summed E-state index contributed by atoms with van der Waals surface area (Å²) in [4.78, 5) is 8.82. The zero-order chi connectivity index (χ0) is 13.9. The van der Waals surface area contributed by atoms with E-state index in [0.29, 0.717) is 18.2 Å². The Morgan fingerprint density at radius 1 is 1.20 bits per heavy atom. The van der Waals surface area contributed by atoms with Crippen LogP contribution < -0.4 is 11.1 Å². The summed E-state index contributed by atoms with van der Waals surface area (Å²) in [5, 5.41) is 7.43. The molecule has 2 aromatic heterocycles. The average Bonchev–Trinajstić information content (AvgIpc) is 2.85. The molecular formula is C14H16N6. The largest absolute Gasteiger partial charge is 0.381 e. The molecule has 20 heavy (non-hydrogen) atoms. The normalized spacial score (nSPS) is 10.8. The number of para-hydroxylation sites is 2. The van der Waals surface area contributed by atoms with Gasteiger partial charge in [0.1, 0.15) is 0 Å². The number of nitrogen functional groups attached to an aromatic ring is 1. The van der Waals surface area contributed by atoms with Crippen LogP contribution in [0.15, 0.2) is 36.7 Å². The van der Waals surface area contributed by atoms with E-state index in [1.807, 2.05) is 48.3 Å². The summed E-state index contributed by atoms with van der Waals surface area (Å²) in [5.74, 6) is 1.04. The molecule has 0 bridgehead atoms. The van der Waals surface area contributed by atoms with E-state index in [-0.39, 0.29) is 0 Å². The molecule has 0 aliphatic rings. The molecule has 0 spiro atoms. The molecule has 0 aliphatic heterocycles. The van der Waals surface area contributed by atoms with Gasteiger partial charge in [-0.3, -0.25) is 4.68 Å². The van der Waals surface area contributed by atoms with Crippen LogP contribution in [0.3, 0.4) is 0 Å². The van der Waals surface area contributed by atoms with Gasteiger partial charge in [0.05, 0.1) is 23.8 Å². The van der Waals surface area contributed by atoms with Crippen LogP contribution in [0.4, 0.5) is 11.6 Å². The van der Waals surface area contributed by atoms with Crippen LogP contribution in [-0.2, 0) is 6.54 Å². The van der Waals surface area contributed by atoms with Crippen LogP contribution in [0.5, 0.6) is 0 Å². The second-order valence-electron chi connectivity index (χ2n) is 4.65. The first-order valence-electron chi connectivity index (χ1n) is 6.47. The van der Waals surface area contributed by atoms with E-state index < -0.39 is 0 Å². The molecule has 0 fully saturated rings. The van der Waals surface area contributed by atoms with Crippen molar-refractivity contribution in [3.8, 4) is 0 Å². The lowest BCUT2D eigenvalue weighted by molar-refractivity contribution is 0.637. The van der Waals surface area contributed by atoms with Gasteiger partial charge in [-0.05, 0) is 24.6 Å². The number of rotatable bonds is 4. The summed E-state index contributed by atoms with van der Waals surface area (Å²) in [6, 6.07) is 7.67. The molecular weight excluding hydrogens is 252 g/mol. The number of nitrogens with zero attached hydrogens (tertiary/aromatic N) is 4. The van der Waals surface area contributed by atoms with Crippen LogP contribution in [0, 0.1) is 6.92 Å². The predicted molar refractivity (Wildman–Crippen MR) is 79.4 cm³/mol. The van der Waals surface area contributed by atoms with Crippen LogP contribution >= 0.6 is 0 Å². The third-order valence-electron chi connectivity index (χ3n) is 2.99. The Morgan fingerprint density at radius 2 is 1.95 bits per heavy atom. The summed E-state index contributed by atoms with van der Waals surface area (Å²) >= 11 is 0. The number of hydrogen-bond donors (Lipinski definition) is 2. The maximum atomic E-state index is 5.91. The van der Waals surface area contributed by atoms with E-state index in [1.165, 1.54) is 0 Å². The van der Waals surface area contributed by atoms with Crippen molar-refractivity contribution in [2.24, 2.45) is 0 Å². The second-order valence-corrected chi connectivity index (χ2v) is 4.65. The van der Waals surface area contributed by atoms with Gasteiger partial charge in [0.25, 0.3) is 0 Å². The van der Waals surface area contributed by atoms with Gasteiger partial charge in [-0.25, -0.2) is 9.97 Å². The minimum atomic E-state index is 0.417. The topological polar surface area (TPSA) is 81.7 Å². The molecule has 102 valence electrons. The van der Waals surface area contributed by atoms with Crippen LogP contribution in [0.2, 0.25) is 0 Å². The Morgan fingerprint density at radius 3 is 2.65 bits per heavy atom. The molecule has 0 saturated heterocycles. The Balaban J connectivity index is 1.72. The quantitative estimate of drug-likeness (QED) is 0.754. The monoisotopic (exact) mass is 268 g/mol. The van der Waals surface area contributed by atoms with Gasteiger partial charge in [-0.15, -0.1) is 0 Å². The van der Waals surface area contributed by atoms with Crippen molar-refractivity contribution in [1.29, 1.82) is 0 Å². The highest BCUT2D eigenvalue weighted by atomic mass is 15.3. The fourth-order valence-electron chi connectivity index (χ4n) is 2.02. The minimum Gasteiger partial charge on any atom is -0.381 e. The molecule has 6 heteroatoms. The molecule has 3 aromatic rings. The average molecular weight is 268 g/mol. The SMILES string of the molecule is Cc1cnn(CCNc2nc3ccccc3nc2N)c1. The number of anilines is 2. The van der Waals surface area contributed by atoms with Crippen molar-refractivity contribution in [2.75, 3.05) is 17.6 Å². The highest BCUT2D eigenvalue weighted by Crippen LogP contribution is 2.17. The number of benzene rings is 1. The summed E-state index contributed by atoms with van der Waals surface area (Å²) in [7, 11) is 0.